The van der Waals surface area contributed by atoms with Crippen molar-refractivity contribution in [2.75, 3.05) is 13.2 Å². The van der Waals surface area contributed by atoms with E-state index in [9.17, 15) is 0 Å². The van der Waals surface area contributed by atoms with E-state index < -0.39 is 36.0 Å². The molecule has 0 amide bonds. The summed E-state index contributed by atoms with van der Waals surface area (Å²) in [5.74, 6) is 0. The van der Waals surface area contributed by atoms with Crippen molar-refractivity contribution in [3.8, 4) is 0 Å². The molecule has 0 bridgehead atoms. The average Bonchev–Trinajstić information content (AvgIpc) is 3.37. The molecule has 2 rings (SSSR count). The summed E-state index contributed by atoms with van der Waals surface area (Å²) in [6, 6.07) is 0. The second-order valence-electron chi connectivity index (χ2n) is 9.18. The summed E-state index contributed by atoms with van der Waals surface area (Å²) in [7, 11) is -7.05. The molecule has 0 aromatic rings. The molecular formula is C18H40O6Si3. The van der Waals surface area contributed by atoms with E-state index >= 15 is 0 Å². The molecule has 9 heteroatoms. The highest BCUT2D eigenvalue weighted by molar-refractivity contribution is 6.89. The highest BCUT2D eigenvalue weighted by Gasteiger charge is 2.71. The molecule has 27 heavy (non-hydrogen) atoms. The zero-order valence-corrected chi connectivity index (χ0v) is 21.9. The van der Waals surface area contributed by atoms with Gasteiger partial charge in [0.25, 0.3) is 0 Å². The SMILES string of the molecule is CCCOC1([Si](C)(C)O[Si](C)(C)O[Si](C)(C)C2(OCCC)OC2C)OC1C. The minimum atomic E-state index is -2.45. The Labute approximate surface area is 168 Å². The van der Waals surface area contributed by atoms with Crippen LogP contribution < -0.4 is 0 Å². The Bertz CT molecular complexity index is 485. The van der Waals surface area contributed by atoms with Gasteiger partial charge in [0.1, 0.15) is 12.2 Å². The van der Waals surface area contributed by atoms with Gasteiger partial charge in [0.05, 0.1) is 0 Å². The van der Waals surface area contributed by atoms with E-state index in [2.05, 4.69) is 67.0 Å². The minimum absolute atomic E-state index is 0.0757. The van der Waals surface area contributed by atoms with Crippen LogP contribution in [0.5, 0.6) is 0 Å². The van der Waals surface area contributed by atoms with Crippen LogP contribution in [-0.2, 0) is 27.2 Å². The van der Waals surface area contributed by atoms with Gasteiger partial charge in [-0.05, 0) is 66.0 Å². The van der Waals surface area contributed by atoms with E-state index in [1.165, 1.54) is 0 Å². The van der Waals surface area contributed by atoms with Crippen LogP contribution in [0.1, 0.15) is 40.5 Å². The van der Waals surface area contributed by atoms with Crippen LogP contribution in [0.4, 0.5) is 0 Å². The Hall–Kier alpha value is 0.411. The monoisotopic (exact) mass is 436 g/mol. The van der Waals surface area contributed by atoms with Crippen LogP contribution in [0.15, 0.2) is 0 Å². The maximum Gasteiger partial charge on any atom is 0.311 e. The molecule has 0 spiro atoms. The summed E-state index contributed by atoms with van der Waals surface area (Å²) >= 11 is 0. The highest BCUT2D eigenvalue weighted by Crippen LogP contribution is 2.49. The van der Waals surface area contributed by atoms with Gasteiger partial charge in [-0.1, -0.05) is 13.8 Å². The molecule has 0 radical (unpaired) electrons. The lowest BCUT2D eigenvalue weighted by molar-refractivity contribution is -0.00405. The lowest BCUT2D eigenvalue weighted by Gasteiger charge is -2.42. The molecule has 2 saturated heterocycles. The molecule has 4 atom stereocenters. The molecule has 160 valence electrons. The first kappa shape index (κ1) is 23.7. The van der Waals surface area contributed by atoms with Crippen molar-refractivity contribution in [2.45, 2.75) is 103 Å². The largest absolute Gasteiger partial charge is 0.432 e. The van der Waals surface area contributed by atoms with Crippen LogP contribution in [-0.4, -0.2) is 61.4 Å². The van der Waals surface area contributed by atoms with Crippen molar-refractivity contribution in [2.24, 2.45) is 0 Å². The number of rotatable bonds is 12. The number of epoxide rings is 2. The Kier molecular flexibility index (Phi) is 6.95. The first-order valence-corrected chi connectivity index (χ1v) is 19.0. The first-order valence-electron chi connectivity index (χ1n) is 10.3. The van der Waals surface area contributed by atoms with Gasteiger partial charge in [-0.2, -0.15) is 0 Å². The van der Waals surface area contributed by atoms with E-state index in [0.717, 1.165) is 12.8 Å². The summed E-state index contributed by atoms with van der Waals surface area (Å²) in [5.41, 5.74) is -1.11. The van der Waals surface area contributed by atoms with Crippen molar-refractivity contribution in [3.05, 3.63) is 0 Å². The first-order chi connectivity index (χ1) is 12.3. The van der Waals surface area contributed by atoms with Crippen molar-refractivity contribution < 1.29 is 27.2 Å². The van der Waals surface area contributed by atoms with E-state index in [1.807, 2.05) is 0 Å². The number of ether oxygens (including phenoxy) is 4. The predicted molar refractivity (Wildman–Crippen MR) is 114 cm³/mol. The van der Waals surface area contributed by atoms with Crippen LogP contribution in [0.2, 0.25) is 39.3 Å². The predicted octanol–water partition coefficient (Wildman–Crippen LogP) is 4.29. The third-order valence-corrected chi connectivity index (χ3v) is 18.1. The molecule has 6 nitrogen and oxygen atoms in total. The Morgan fingerprint density at radius 2 is 1.00 bits per heavy atom. The molecule has 0 aromatic heterocycles. The summed E-state index contributed by atoms with van der Waals surface area (Å²) in [5, 5.41) is 0. The van der Waals surface area contributed by atoms with Crippen LogP contribution in [0.3, 0.4) is 0 Å². The van der Waals surface area contributed by atoms with Crippen molar-refractivity contribution >= 4 is 25.2 Å². The molecule has 0 saturated carbocycles. The molecule has 0 N–H and O–H groups in total. The fourth-order valence-corrected chi connectivity index (χ4v) is 19.6. The third-order valence-electron chi connectivity index (χ3n) is 5.38. The second-order valence-corrected chi connectivity index (χ2v) is 21.0. The van der Waals surface area contributed by atoms with E-state index in [1.54, 1.807) is 0 Å². The molecule has 0 aromatic carbocycles. The minimum Gasteiger partial charge on any atom is -0.432 e. The highest BCUT2D eigenvalue weighted by atomic mass is 28.5. The standard InChI is InChI=1S/C18H40O6Si3/c1-11-13-19-17(15(3)21-17)25(5,6)23-27(9,10)24-26(7,8)18(16(4)22-18)20-14-12-2/h15-16H,11-14H2,1-10H3. The van der Waals surface area contributed by atoms with Gasteiger partial charge >= 0.3 is 8.56 Å². The number of hydrogen-bond acceptors (Lipinski definition) is 6. The van der Waals surface area contributed by atoms with Crippen LogP contribution in [0.25, 0.3) is 0 Å². The molecule has 2 aliphatic rings. The van der Waals surface area contributed by atoms with Gasteiger partial charge in [-0.25, -0.2) is 0 Å². The van der Waals surface area contributed by atoms with Gasteiger partial charge in [0.15, 0.2) is 0 Å². The summed E-state index contributed by atoms with van der Waals surface area (Å²) in [4.78, 5) is 0. The van der Waals surface area contributed by atoms with E-state index in [0.29, 0.717) is 13.2 Å². The molecule has 4 unspecified atom stereocenters. The normalized spacial score (nSPS) is 34.0. The molecule has 2 heterocycles. The van der Waals surface area contributed by atoms with Crippen molar-refractivity contribution in [1.29, 1.82) is 0 Å². The molecule has 2 aliphatic heterocycles. The van der Waals surface area contributed by atoms with Gasteiger partial charge in [-0.15, -0.1) is 0 Å². The Morgan fingerprint density at radius 3 is 1.22 bits per heavy atom. The summed E-state index contributed by atoms with van der Waals surface area (Å²) in [6.45, 7) is 22.7. The maximum atomic E-state index is 6.75. The van der Waals surface area contributed by atoms with Gasteiger partial charge in [0, 0.05) is 13.2 Å². The zero-order chi connectivity index (χ0) is 20.7. The summed E-state index contributed by atoms with van der Waals surface area (Å²) < 4.78 is 37.6. The fourth-order valence-electron chi connectivity index (χ4n) is 4.27. The van der Waals surface area contributed by atoms with Crippen molar-refractivity contribution in [1.82, 2.24) is 0 Å². The summed E-state index contributed by atoms with van der Waals surface area (Å²) in [6.07, 6.45) is 2.08. The molecular weight excluding hydrogens is 396 g/mol. The van der Waals surface area contributed by atoms with Crippen LogP contribution >= 0.6 is 0 Å². The molecule has 2 fully saturated rings. The van der Waals surface area contributed by atoms with Gasteiger partial charge in [-0.3, -0.25) is 0 Å². The maximum absolute atomic E-state index is 6.75. The lowest BCUT2D eigenvalue weighted by Crippen LogP contribution is -2.63. The smallest absolute Gasteiger partial charge is 0.311 e. The molecule has 0 aliphatic carbocycles. The quantitative estimate of drug-likeness (QED) is 0.336. The van der Waals surface area contributed by atoms with E-state index in [4.69, 9.17) is 27.2 Å². The van der Waals surface area contributed by atoms with E-state index in [-0.39, 0.29) is 12.2 Å². The Morgan fingerprint density at radius 1 is 0.704 bits per heavy atom. The van der Waals surface area contributed by atoms with Crippen molar-refractivity contribution in [3.63, 3.8) is 0 Å². The lowest BCUT2D eigenvalue weighted by atomic mass is 10.5. The Balaban J connectivity index is 2.09. The van der Waals surface area contributed by atoms with Crippen LogP contribution in [0, 0.1) is 0 Å². The van der Waals surface area contributed by atoms with Gasteiger partial charge < -0.3 is 27.2 Å². The second kappa shape index (κ2) is 7.92. The fraction of sp³-hybridized carbons (Fsp3) is 1.00. The zero-order valence-electron chi connectivity index (χ0n) is 18.9. The van der Waals surface area contributed by atoms with Gasteiger partial charge in [0.2, 0.25) is 27.5 Å². The number of hydrogen-bond donors (Lipinski definition) is 0. The topological polar surface area (TPSA) is 62.0 Å². The average molecular weight is 437 g/mol. The third kappa shape index (κ3) is 4.61.